The van der Waals surface area contributed by atoms with Crippen LogP contribution in [0.15, 0.2) is 30.3 Å². The monoisotopic (exact) mass is 384 g/mol. The lowest BCUT2D eigenvalue weighted by Crippen LogP contribution is -2.46. The molecule has 1 N–H and O–H groups in total. The lowest BCUT2D eigenvalue weighted by atomic mass is 9.86. The fourth-order valence-corrected chi connectivity index (χ4v) is 4.65. The predicted molar refractivity (Wildman–Crippen MR) is 113 cm³/mol. The fraction of sp³-hybridized carbons (Fsp3) is 0.667. The Morgan fingerprint density at radius 3 is 2.36 bits per heavy atom. The van der Waals surface area contributed by atoms with E-state index in [1.165, 1.54) is 44.1 Å². The van der Waals surface area contributed by atoms with Gasteiger partial charge in [0.05, 0.1) is 0 Å². The number of likely N-dealkylation sites (tertiary alicyclic amines) is 1. The Labute approximate surface area is 170 Å². The van der Waals surface area contributed by atoms with Crippen molar-refractivity contribution in [1.82, 2.24) is 10.2 Å². The number of hydrogen-bond acceptors (Lipinski definition) is 2. The molecule has 1 aliphatic carbocycles. The number of carbonyl (C=O) groups excluding carboxylic acids is 2. The quantitative estimate of drug-likeness (QED) is 0.718. The average Bonchev–Trinajstić information content (AvgIpc) is 2.74. The van der Waals surface area contributed by atoms with Crippen LogP contribution in [0.5, 0.6) is 0 Å². The van der Waals surface area contributed by atoms with Crippen LogP contribution in [-0.2, 0) is 16.0 Å². The Bertz CT molecular complexity index is 602. The van der Waals surface area contributed by atoms with Crippen LogP contribution in [0.25, 0.3) is 0 Å². The van der Waals surface area contributed by atoms with Crippen LogP contribution in [0.4, 0.5) is 0 Å². The highest BCUT2D eigenvalue weighted by molar-refractivity contribution is 5.77. The summed E-state index contributed by atoms with van der Waals surface area (Å²) in [5.74, 6) is 1.30. The molecule has 4 nitrogen and oxygen atoms in total. The van der Waals surface area contributed by atoms with E-state index in [4.69, 9.17) is 0 Å². The van der Waals surface area contributed by atoms with E-state index in [9.17, 15) is 9.59 Å². The Hall–Kier alpha value is -1.84. The maximum atomic E-state index is 12.5. The van der Waals surface area contributed by atoms with Gasteiger partial charge in [0.15, 0.2) is 0 Å². The number of benzene rings is 1. The molecule has 1 saturated heterocycles. The number of nitrogens with one attached hydrogen (secondary N) is 1. The van der Waals surface area contributed by atoms with E-state index in [0.717, 1.165) is 44.7 Å². The molecule has 0 aromatic heterocycles. The summed E-state index contributed by atoms with van der Waals surface area (Å²) in [7, 11) is 0. The van der Waals surface area contributed by atoms with Crippen molar-refractivity contribution in [1.29, 1.82) is 0 Å². The lowest BCUT2D eigenvalue weighted by Gasteiger charge is -2.32. The molecule has 0 unspecified atom stereocenters. The van der Waals surface area contributed by atoms with Gasteiger partial charge in [-0.1, -0.05) is 62.4 Å². The Kier molecular flexibility index (Phi) is 8.38. The first-order valence-electron chi connectivity index (χ1n) is 11.3. The van der Waals surface area contributed by atoms with Gasteiger partial charge in [-0.05, 0) is 43.6 Å². The van der Waals surface area contributed by atoms with Crippen LogP contribution in [0.2, 0.25) is 0 Å². The molecule has 154 valence electrons. The minimum Gasteiger partial charge on any atom is -0.353 e. The first kappa shape index (κ1) is 20.9. The van der Waals surface area contributed by atoms with Crippen molar-refractivity contribution in [2.24, 2.45) is 5.92 Å². The van der Waals surface area contributed by atoms with Crippen LogP contribution in [0.3, 0.4) is 0 Å². The molecule has 1 heterocycles. The van der Waals surface area contributed by atoms with Crippen LogP contribution >= 0.6 is 0 Å². The van der Waals surface area contributed by atoms with Gasteiger partial charge in [-0.2, -0.15) is 0 Å². The molecule has 0 spiro atoms. The van der Waals surface area contributed by atoms with Crippen molar-refractivity contribution in [3.63, 3.8) is 0 Å². The molecule has 1 aromatic rings. The number of nitrogens with zero attached hydrogens (tertiary/aromatic N) is 1. The van der Waals surface area contributed by atoms with Gasteiger partial charge >= 0.3 is 0 Å². The molecule has 0 bridgehead atoms. The standard InChI is InChI=1S/C24H36N2O2/c27-23(15-14-21-10-5-2-6-11-21)25-22-16-18-26(19-17-22)24(28)13-7-12-20-8-3-1-4-9-20/h2,5-6,10-11,20,22H,1,3-4,7-9,12-19H2,(H,25,27). The third kappa shape index (κ3) is 6.96. The van der Waals surface area contributed by atoms with E-state index in [-0.39, 0.29) is 11.9 Å². The molecule has 1 saturated carbocycles. The zero-order valence-electron chi connectivity index (χ0n) is 17.2. The first-order chi connectivity index (χ1) is 13.7. The molecule has 1 aromatic carbocycles. The number of aryl methyl sites for hydroxylation is 1. The third-order valence-electron chi connectivity index (χ3n) is 6.42. The Morgan fingerprint density at radius 2 is 1.64 bits per heavy atom. The summed E-state index contributed by atoms with van der Waals surface area (Å²) in [4.78, 5) is 26.7. The summed E-state index contributed by atoms with van der Waals surface area (Å²) in [5.41, 5.74) is 1.20. The summed E-state index contributed by atoms with van der Waals surface area (Å²) >= 11 is 0. The molecule has 3 rings (SSSR count). The highest BCUT2D eigenvalue weighted by atomic mass is 16.2. The SMILES string of the molecule is O=C(CCc1ccccc1)NC1CCN(C(=O)CCCC2CCCCC2)CC1. The summed E-state index contributed by atoms with van der Waals surface area (Å²) in [6, 6.07) is 10.4. The van der Waals surface area contributed by atoms with Crippen LogP contribution in [0, 0.1) is 5.92 Å². The van der Waals surface area contributed by atoms with Crippen molar-refractivity contribution in [2.75, 3.05) is 13.1 Å². The zero-order chi connectivity index (χ0) is 19.6. The van der Waals surface area contributed by atoms with Gasteiger partial charge in [0, 0.05) is 32.0 Å². The predicted octanol–water partition coefficient (Wildman–Crippen LogP) is 4.48. The molecule has 28 heavy (non-hydrogen) atoms. The maximum Gasteiger partial charge on any atom is 0.222 e. The van der Waals surface area contributed by atoms with E-state index in [1.807, 2.05) is 23.1 Å². The second kappa shape index (κ2) is 11.2. The van der Waals surface area contributed by atoms with E-state index in [1.54, 1.807) is 0 Å². The van der Waals surface area contributed by atoms with Gasteiger partial charge in [-0.3, -0.25) is 9.59 Å². The third-order valence-corrected chi connectivity index (χ3v) is 6.42. The number of piperidine rings is 1. The summed E-state index contributed by atoms with van der Waals surface area (Å²) in [6.07, 6.45) is 12.9. The van der Waals surface area contributed by atoms with Crippen molar-refractivity contribution < 1.29 is 9.59 Å². The van der Waals surface area contributed by atoms with Crippen LogP contribution in [-0.4, -0.2) is 35.8 Å². The van der Waals surface area contributed by atoms with Crippen LogP contribution < -0.4 is 5.32 Å². The molecule has 0 atom stereocenters. The Morgan fingerprint density at radius 1 is 0.929 bits per heavy atom. The van der Waals surface area contributed by atoms with Gasteiger partial charge in [0.2, 0.25) is 11.8 Å². The molecule has 2 fully saturated rings. The Balaban J connectivity index is 1.28. The highest BCUT2D eigenvalue weighted by Gasteiger charge is 2.24. The van der Waals surface area contributed by atoms with E-state index >= 15 is 0 Å². The average molecular weight is 385 g/mol. The minimum absolute atomic E-state index is 0.126. The van der Waals surface area contributed by atoms with Gasteiger partial charge < -0.3 is 10.2 Å². The van der Waals surface area contributed by atoms with E-state index in [0.29, 0.717) is 18.7 Å². The van der Waals surface area contributed by atoms with Crippen molar-refractivity contribution in [2.45, 2.75) is 83.1 Å². The second-order valence-corrected chi connectivity index (χ2v) is 8.60. The van der Waals surface area contributed by atoms with E-state index in [2.05, 4.69) is 17.4 Å². The second-order valence-electron chi connectivity index (χ2n) is 8.60. The zero-order valence-corrected chi connectivity index (χ0v) is 17.2. The number of hydrogen-bond donors (Lipinski definition) is 1. The van der Waals surface area contributed by atoms with Gasteiger partial charge in [-0.25, -0.2) is 0 Å². The largest absolute Gasteiger partial charge is 0.353 e. The molecule has 2 aliphatic rings. The van der Waals surface area contributed by atoms with Gasteiger partial charge in [0.1, 0.15) is 0 Å². The molecule has 1 aliphatic heterocycles. The van der Waals surface area contributed by atoms with Crippen LogP contribution in [0.1, 0.15) is 76.2 Å². The molecule has 4 heteroatoms. The van der Waals surface area contributed by atoms with Gasteiger partial charge in [0.25, 0.3) is 0 Å². The topological polar surface area (TPSA) is 49.4 Å². The van der Waals surface area contributed by atoms with Gasteiger partial charge in [-0.15, -0.1) is 0 Å². The number of carbonyl (C=O) groups is 2. The molecular weight excluding hydrogens is 348 g/mol. The first-order valence-corrected chi connectivity index (χ1v) is 11.3. The molecular formula is C24H36N2O2. The normalized spacial score (nSPS) is 18.8. The van der Waals surface area contributed by atoms with Crippen molar-refractivity contribution >= 4 is 11.8 Å². The smallest absolute Gasteiger partial charge is 0.222 e. The van der Waals surface area contributed by atoms with Crippen molar-refractivity contribution in [3.8, 4) is 0 Å². The number of amides is 2. The lowest BCUT2D eigenvalue weighted by molar-refractivity contribution is -0.132. The summed E-state index contributed by atoms with van der Waals surface area (Å²) in [6.45, 7) is 1.57. The molecule has 0 radical (unpaired) electrons. The maximum absolute atomic E-state index is 12.5. The molecule has 2 amide bonds. The number of rotatable bonds is 8. The highest BCUT2D eigenvalue weighted by Crippen LogP contribution is 2.28. The van der Waals surface area contributed by atoms with Crippen molar-refractivity contribution in [3.05, 3.63) is 35.9 Å². The summed E-state index contributed by atoms with van der Waals surface area (Å²) in [5, 5.41) is 3.16. The minimum atomic E-state index is 0.126. The fourth-order valence-electron chi connectivity index (χ4n) is 4.65. The van der Waals surface area contributed by atoms with E-state index < -0.39 is 0 Å². The summed E-state index contributed by atoms with van der Waals surface area (Å²) < 4.78 is 0.